The highest BCUT2D eigenvalue weighted by atomic mass is 16.5. The van der Waals surface area contributed by atoms with Gasteiger partial charge in [0.05, 0.1) is 18.7 Å². The summed E-state index contributed by atoms with van der Waals surface area (Å²) >= 11 is 0. The van der Waals surface area contributed by atoms with Gasteiger partial charge >= 0.3 is 0 Å². The van der Waals surface area contributed by atoms with Crippen LogP contribution in [0.2, 0.25) is 0 Å². The van der Waals surface area contributed by atoms with Crippen molar-refractivity contribution in [3.63, 3.8) is 0 Å². The first-order valence-electron chi connectivity index (χ1n) is 14.0. The molecule has 3 saturated heterocycles. The second-order valence-corrected chi connectivity index (χ2v) is 11.0. The average molecular weight is 503 g/mol. The van der Waals surface area contributed by atoms with Crippen LogP contribution in [-0.4, -0.2) is 36.1 Å². The predicted molar refractivity (Wildman–Crippen MR) is 155 cm³/mol. The van der Waals surface area contributed by atoms with Gasteiger partial charge in [-0.3, -0.25) is 9.88 Å². The van der Waals surface area contributed by atoms with E-state index in [2.05, 4.69) is 84.6 Å². The third kappa shape index (κ3) is 3.90. The van der Waals surface area contributed by atoms with Crippen LogP contribution in [0.3, 0.4) is 0 Å². The van der Waals surface area contributed by atoms with Gasteiger partial charge in [-0.1, -0.05) is 61.9 Å². The second-order valence-electron chi connectivity index (χ2n) is 11.0. The van der Waals surface area contributed by atoms with Crippen molar-refractivity contribution in [2.45, 2.75) is 38.3 Å². The summed E-state index contributed by atoms with van der Waals surface area (Å²) in [4.78, 5) is 7.39. The summed E-state index contributed by atoms with van der Waals surface area (Å²) < 4.78 is 12.9. The molecule has 2 bridgehead atoms. The maximum absolute atomic E-state index is 7.25. The molecular weight excluding hydrogens is 468 g/mol. The molecule has 8 rings (SSSR count). The number of methoxy groups -OCH3 is 1. The van der Waals surface area contributed by atoms with Gasteiger partial charge in [0.15, 0.2) is 0 Å². The second kappa shape index (κ2) is 9.59. The summed E-state index contributed by atoms with van der Waals surface area (Å²) in [6.07, 6.45) is 5.54. The van der Waals surface area contributed by atoms with Gasteiger partial charge in [0.2, 0.25) is 0 Å². The molecular formula is C34H34N2O2. The summed E-state index contributed by atoms with van der Waals surface area (Å²) in [5.74, 6) is 3.35. The molecule has 38 heavy (non-hydrogen) atoms. The average Bonchev–Trinajstić information content (AvgIpc) is 2.99. The third-order valence-corrected chi connectivity index (χ3v) is 9.08. The van der Waals surface area contributed by atoms with Gasteiger partial charge in [0, 0.05) is 29.1 Å². The molecule has 5 atom stereocenters. The molecule has 0 spiro atoms. The number of hydrogen-bond acceptors (Lipinski definition) is 4. The van der Waals surface area contributed by atoms with E-state index in [1.54, 1.807) is 7.11 Å². The van der Waals surface area contributed by atoms with E-state index in [4.69, 9.17) is 14.5 Å². The van der Waals surface area contributed by atoms with Gasteiger partial charge in [-0.25, -0.2) is 0 Å². The number of fused-ring (bicyclic) bond motifs is 7. The summed E-state index contributed by atoms with van der Waals surface area (Å²) in [5.41, 5.74) is 2.17. The van der Waals surface area contributed by atoms with Crippen molar-refractivity contribution in [3.8, 4) is 11.5 Å². The van der Waals surface area contributed by atoms with Crippen molar-refractivity contribution >= 4 is 32.4 Å². The van der Waals surface area contributed by atoms with Crippen LogP contribution in [-0.2, 0) is 0 Å². The van der Waals surface area contributed by atoms with Gasteiger partial charge in [0.25, 0.3) is 0 Å². The Hall–Kier alpha value is -3.63. The van der Waals surface area contributed by atoms with Gasteiger partial charge in [-0.15, -0.1) is 0 Å². The Labute approximate surface area is 224 Å². The molecule has 3 aliphatic rings. The lowest BCUT2D eigenvalue weighted by atomic mass is 9.72. The van der Waals surface area contributed by atoms with E-state index in [-0.39, 0.29) is 6.10 Å². The first-order valence-corrected chi connectivity index (χ1v) is 14.0. The zero-order valence-electron chi connectivity index (χ0n) is 22.1. The number of nitrogens with zero attached hydrogens (tertiary/aromatic N) is 2. The number of piperidine rings is 3. The highest BCUT2D eigenvalue weighted by molar-refractivity contribution is 6.10. The maximum Gasteiger partial charge on any atom is 0.140 e. The largest absolute Gasteiger partial charge is 0.497 e. The number of pyridine rings is 1. The standard InChI is InChI=1S/C34H34N2O2/c1-3-22-21-36-17-15-23(22)18-32(36)34(29-14-16-35-31-13-12-25(37-2)20-30(29)31)38-33-19-24-8-4-5-9-26(24)27-10-6-7-11-28(27)33/h4-14,16,19-20,22-23,32,34H,3,15,17-18,21H2,1-2H3/t22?,23-,32-,34-/m1/s1. The molecule has 0 amide bonds. The maximum atomic E-state index is 7.25. The van der Waals surface area contributed by atoms with E-state index in [0.29, 0.717) is 6.04 Å². The lowest BCUT2D eigenvalue weighted by Crippen LogP contribution is -2.56. The fourth-order valence-corrected chi connectivity index (χ4v) is 7.08. The Balaban J connectivity index is 1.41. The Morgan fingerprint density at radius 1 is 0.921 bits per heavy atom. The summed E-state index contributed by atoms with van der Waals surface area (Å²) in [7, 11) is 1.73. The molecule has 3 fully saturated rings. The topological polar surface area (TPSA) is 34.6 Å². The molecule has 1 aromatic heterocycles. The number of aromatic nitrogens is 1. The minimum atomic E-state index is -0.113. The normalized spacial score (nSPS) is 23.6. The van der Waals surface area contributed by atoms with Gasteiger partial charge < -0.3 is 9.47 Å². The van der Waals surface area contributed by atoms with Crippen LogP contribution < -0.4 is 9.47 Å². The Kier molecular flexibility index (Phi) is 5.93. The van der Waals surface area contributed by atoms with E-state index in [0.717, 1.165) is 52.7 Å². The lowest BCUT2D eigenvalue weighted by molar-refractivity contribution is -0.0480. The van der Waals surface area contributed by atoms with Crippen molar-refractivity contribution in [3.05, 3.63) is 90.6 Å². The van der Waals surface area contributed by atoms with Crippen LogP contribution in [0.1, 0.15) is 37.9 Å². The molecule has 0 saturated carbocycles. The molecule has 4 nitrogen and oxygen atoms in total. The van der Waals surface area contributed by atoms with Crippen LogP contribution in [0.15, 0.2) is 85.1 Å². The van der Waals surface area contributed by atoms with Crippen molar-refractivity contribution in [1.29, 1.82) is 0 Å². The SMILES string of the molecule is CCC1CN2CC[C@@H]1C[C@@H]2[C@H](Oc1cc2ccccc2c2ccccc12)c1ccnc2ccc(OC)cc12. The van der Waals surface area contributed by atoms with E-state index in [1.807, 2.05) is 12.3 Å². The lowest BCUT2D eigenvalue weighted by Gasteiger charge is -2.52. The van der Waals surface area contributed by atoms with E-state index in [9.17, 15) is 0 Å². The Bertz CT molecular complexity index is 1630. The smallest absolute Gasteiger partial charge is 0.140 e. The minimum absolute atomic E-state index is 0.113. The van der Waals surface area contributed by atoms with Crippen molar-refractivity contribution in [1.82, 2.24) is 9.88 Å². The highest BCUT2D eigenvalue weighted by Gasteiger charge is 2.44. The van der Waals surface area contributed by atoms with Gasteiger partial charge in [0.1, 0.15) is 17.6 Å². The fraction of sp³-hybridized carbons (Fsp3) is 0.324. The Morgan fingerprint density at radius 2 is 1.74 bits per heavy atom. The molecule has 192 valence electrons. The summed E-state index contributed by atoms with van der Waals surface area (Å²) in [5, 5.41) is 5.97. The highest BCUT2D eigenvalue weighted by Crippen LogP contribution is 2.45. The van der Waals surface area contributed by atoms with E-state index >= 15 is 0 Å². The molecule has 0 radical (unpaired) electrons. The van der Waals surface area contributed by atoms with Crippen molar-refractivity contribution in [2.24, 2.45) is 11.8 Å². The molecule has 2 unspecified atom stereocenters. The quantitative estimate of drug-likeness (QED) is 0.222. The molecule has 4 heterocycles. The van der Waals surface area contributed by atoms with Crippen LogP contribution in [0.25, 0.3) is 32.4 Å². The van der Waals surface area contributed by atoms with Crippen LogP contribution >= 0.6 is 0 Å². The van der Waals surface area contributed by atoms with Gasteiger partial charge in [-0.2, -0.15) is 0 Å². The van der Waals surface area contributed by atoms with Gasteiger partial charge in [-0.05, 0) is 77.7 Å². The summed E-state index contributed by atoms with van der Waals surface area (Å²) in [6.45, 7) is 4.66. The Morgan fingerprint density at radius 3 is 2.53 bits per heavy atom. The van der Waals surface area contributed by atoms with Crippen LogP contribution in [0, 0.1) is 11.8 Å². The predicted octanol–water partition coefficient (Wildman–Crippen LogP) is 7.79. The molecule has 0 N–H and O–H groups in total. The molecule has 5 aromatic rings. The van der Waals surface area contributed by atoms with Crippen molar-refractivity contribution < 1.29 is 9.47 Å². The monoisotopic (exact) mass is 502 g/mol. The molecule has 4 heteroatoms. The first-order chi connectivity index (χ1) is 18.7. The fourth-order valence-electron chi connectivity index (χ4n) is 7.08. The zero-order valence-corrected chi connectivity index (χ0v) is 22.1. The number of hydrogen-bond donors (Lipinski definition) is 0. The first kappa shape index (κ1) is 23.5. The number of rotatable bonds is 6. The minimum Gasteiger partial charge on any atom is -0.497 e. The van der Waals surface area contributed by atoms with E-state index < -0.39 is 0 Å². The van der Waals surface area contributed by atoms with Crippen molar-refractivity contribution in [2.75, 3.05) is 20.2 Å². The van der Waals surface area contributed by atoms with Crippen LogP contribution in [0.4, 0.5) is 0 Å². The number of ether oxygens (including phenoxy) is 2. The molecule has 4 aromatic carbocycles. The summed E-state index contributed by atoms with van der Waals surface area (Å²) in [6, 6.07) is 28.2. The molecule has 0 aliphatic carbocycles. The van der Waals surface area contributed by atoms with Crippen LogP contribution in [0.5, 0.6) is 11.5 Å². The zero-order chi connectivity index (χ0) is 25.6. The van der Waals surface area contributed by atoms with E-state index in [1.165, 1.54) is 41.0 Å². The third-order valence-electron chi connectivity index (χ3n) is 9.08. The molecule has 3 aliphatic heterocycles. The number of benzene rings is 4.